The van der Waals surface area contributed by atoms with E-state index in [1.807, 2.05) is 0 Å². The fourth-order valence-corrected chi connectivity index (χ4v) is 2.62. The molecule has 2 rings (SSSR count). The second kappa shape index (κ2) is 6.84. The highest BCUT2D eigenvalue weighted by atomic mass is 32.2. The first-order valence-electron chi connectivity index (χ1n) is 7.69. The molecule has 7 heteroatoms. The van der Waals surface area contributed by atoms with E-state index in [9.17, 15) is 17.6 Å². The average molecular weight is 364 g/mol. The SMILES string of the molecule is Cc1ccc(NC(=O)c2ccc(NS(=O)(=O)C(C)(C)C)cc2)cc1F. The van der Waals surface area contributed by atoms with Gasteiger partial charge in [0.05, 0.1) is 4.75 Å². The summed E-state index contributed by atoms with van der Waals surface area (Å²) in [6.45, 7) is 6.42. The Bertz CT molecular complexity index is 886. The average Bonchev–Trinajstić information content (AvgIpc) is 2.50. The van der Waals surface area contributed by atoms with Crippen molar-refractivity contribution in [3.8, 4) is 0 Å². The van der Waals surface area contributed by atoms with E-state index >= 15 is 0 Å². The lowest BCUT2D eigenvalue weighted by Gasteiger charge is -2.20. The zero-order valence-electron chi connectivity index (χ0n) is 14.6. The predicted octanol–water partition coefficient (Wildman–Crippen LogP) is 3.93. The van der Waals surface area contributed by atoms with Crippen molar-refractivity contribution in [2.45, 2.75) is 32.4 Å². The Balaban J connectivity index is 2.11. The van der Waals surface area contributed by atoms with E-state index < -0.39 is 26.5 Å². The van der Waals surface area contributed by atoms with E-state index in [4.69, 9.17) is 0 Å². The van der Waals surface area contributed by atoms with Gasteiger partial charge >= 0.3 is 0 Å². The number of amides is 1. The van der Waals surface area contributed by atoms with Crippen LogP contribution in [0.3, 0.4) is 0 Å². The molecule has 0 atom stereocenters. The van der Waals surface area contributed by atoms with Crippen LogP contribution >= 0.6 is 0 Å². The second-order valence-corrected chi connectivity index (χ2v) is 9.15. The molecule has 0 fully saturated rings. The van der Waals surface area contributed by atoms with Gasteiger partial charge in [-0.2, -0.15) is 0 Å². The van der Waals surface area contributed by atoms with Crippen molar-refractivity contribution in [3.05, 3.63) is 59.4 Å². The van der Waals surface area contributed by atoms with E-state index in [1.165, 1.54) is 30.3 Å². The van der Waals surface area contributed by atoms with Gasteiger partial charge in [0.1, 0.15) is 5.82 Å². The van der Waals surface area contributed by atoms with Gasteiger partial charge in [0.15, 0.2) is 0 Å². The summed E-state index contributed by atoms with van der Waals surface area (Å²) in [6.07, 6.45) is 0. The molecule has 0 heterocycles. The number of hydrogen-bond donors (Lipinski definition) is 2. The number of halogens is 1. The summed E-state index contributed by atoms with van der Waals surface area (Å²) in [5.74, 6) is -0.807. The van der Waals surface area contributed by atoms with Crippen LogP contribution in [-0.2, 0) is 10.0 Å². The van der Waals surface area contributed by atoms with Gasteiger partial charge in [-0.3, -0.25) is 9.52 Å². The van der Waals surface area contributed by atoms with Crippen LogP contribution in [0.5, 0.6) is 0 Å². The van der Waals surface area contributed by atoms with Gasteiger partial charge in [0.25, 0.3) is 5.91 Å². The van der Waals surface area contributed by atoms with Gasteiger partial charge in [-0.05, 0) is 69.7 Å². The molecule has 1 amide bonds. The van der Waals surface area contributed by atoms with Gasteiger partial charge < -0.3 is 5.32 Å². The van der Waals surface area contributed by atoms with E-state index in [2.05, 4.69) is 10.0 Å². The molecular formula is C18H21FN2O3S. The van der Waals surface area contributed by atoms with Crippen LogP contribution in [0.4, 0.5) is 15.8 Å². The number of carbonyl (C=O) groups excluding carboxylic acids is 1. The summed E-state index contributed by atoms with van der Waals surface area (Å²) in [7, 11) is -3.53. The third-order valence-corrected chi connectivity index (χ3v) is 5.75. The van der Waals surface area contributed by atoms with Crippen molar-refractivity contribution < 1.29 is 17.6 Å². The monoisotopic (exact) mass is 364 g/mol. The van der Waals surface area contributed by atoms with E-state index in [0.29, 0.717) is 22.5 Å². The van der Waals surface area contributed by atoms with Crippen LogP contribution in [0, 0.1) is 12.7 Å². The number of aryl methyl sites for hydroxylation is 1. The van der Waals surface area contributed by atoms with Gasteiger partial charge in [-0.25, -0.2) is 12.8 Å². The fraction of sp³-hybridized carbons (Fsp3) is 0.278. The third kappa shape index (κ3) is 4.57. The lowest BCUT2D eigenvalue weighted by Crippen LogP contribution is -2.33. The smallest absolute Gasteiger partial charge is 0.255 e. The molecule has 0 bridgehead atoms. The number of carbonyl (C=O) groups is 1. The number of benzene rings is 2. The lowest BCUT2D eigenvalue weighted by molar-refractivity contribution is 0.102. The molecule has 0 aromatic heterocycles. The first kappa shape index (κ1) is 18.9. The minimum absolute atomic E-state index is 0.333. The van der Waals surface area contributed by atoms with Crippen molar-refractivity contribution in [2.24, 2.45) is 0 Å². The molecule has 0 spiro atoms. The highest BCUT2D eigenvalue weighted by molar-refractivity contribution is 7.94. The highest BCUT2D eigenvalue weighted by Gasteiger charge is 2.28. The molecule has 5 nitrogen and oxygen atoms in total. The molecule has 2 N–H and O–H groups in total. The Labute approximate surface area is 147 Å². The first-order valence-corrected chi connectivity index (χ1v) is 9.18. The minimum Gasteiger partial charge on any atom is -0.322 e. The molecule has 134 valence electrons. The summed E-state index contributed by atoms with van der Waals surface area (Å²) < 4.78 is 39.3. The highest BCUT2D eigenvalue weighted by Crippen LogP contribution is 2.20. The number of rotatable bonds is 4. The first-order chi connectivity index (χ1) is 11.5. The maximum absolute atomic E-state index is 13.5. The molecule has 2 aromatic carbocycles. The van der Waals surface area contributed by atoms with Crippen LogP contribution in [0.15, 0.2) is 42.5 Å². The quantitative estimate of drug-likeness (QED) is 0.863. The predicted molar refractivity (Wildman–Crippen MR) is 97.8 cm³/mol. The Morgan fingerprint density at radius 2 is 1.56 bits per heavy atom. The summed E-state index contributed by atoms with van der Waals surface area (Å²) in [6, 6.07) is 10.5. The van der Waals surface area contributed by atoms with Gasteiger partial charge in [-0.15, -0.1) is 0 Å². The normalized spacial score (nSPS) is 11.9. The van der Waals surface area contributed by atoms with E-state index in [0.717, 1.165) is 0 Å². The zero-order valence-corrected chi connectivity index (χ0v) is 15.4. The van der Waals surface area contributed by atoms with Crippen molar-refractivity contribution >= 4 is 27.3 Å². The molecule has 0 aliphatic carbocycles. The Kier molecular flexibility index (Phi) is 5.17. The summed E-state index contributed by atoms with van der Waals surface area (Å²) in [5, 5.41) is 2.60. The lowest BCUT2D eigenvalue weighted by atomic mass is 10.1. The summed E-state index contributed by atoms with van der Waals surface area (Å²) >= 11 is 0. The fourth-order valence-electron chi connectivity index (χ4n) is 1.87. The largest absolute Gasteiger partial charge is 0.322 e. The minimum atomic E-state index is -3.53. The number of anilines is 2. The van der Waals surface area contributed by atoms with Crippen molar-refractivity contribution in [1.29, 1.82) is 0 Å². The topological polar surface area (TPSA) is 75.3 Å². The standard InChI is InChI=1S/C18H21FN2O3S/c1-12-5-8-15(11-16(12)19)20-17(22)13-6-9-14(10-7-13)21-25(23,24)18(2,3)4/h5-11,21H,1-4H3,(H,20,22). The van der Waals surface area contributed by atoms with E-state index in [-0.39, 0.29) is 0 Å². The Hall–Kier alpha value is -2.41. The van der Waals surface area contributed by atoms with Crippen molar-refractivity contribution in [1.82, 2.24) is 0 Å². The molecular weight excluding hydrogens is 343 g/mol. The third-order valence-electron chi connectivity index (χ3n) is 3.64. The van der Waals surface area contributed by atoms with Crippen molar-refractivity contribution in [2.75, 3.05) is 10.0 Å². The zero-order chi connectivity index (χ0) is 18.8. The van der Waals surface area contributed by atoms with Crippen LogP contribution in [-0.4, -0.2) is 19.1 Å². The summed E-state index contributed by atoms with van der Waals surface area (Å²) in [5.41, 5.74) is 1.55. The number of nitrogens with one attached hydrogen (secondary N) is 2. The molecule has 25 heavy (non-hydrogen) atoms. The maximum atomic E-state index is 13.5. The Morgan fingerprint density at radius 3 is 2.08 bits per heavy atom. The van der Waals surface area contributed by atoms with Gasteiger partial charge in [0.2, 0.25) is 10.0 Å². The number of hydrogen-bond acceptors (Lipinski definition) is 3. The molecule has 0 saturated carbocycles. The maximum Gasteiger partial charge on any atom is 0.255 e. The van der Waals surface area contributed by atoms with Crippen molar-refractivity contribution in [3.63, 3.8) is 0 Å². The van der Waals surface area contributed by atoms with Crippen LogP contribution in [0.1, 0.15) is 36.7 Å². The molecule has 0 radical (unpaired) electrons. The number of sulfonamides is 1. The molecule has 2 aromatic rings. The molecule has 0 unspecified atom stereocenters. The molecule has 0 aliphatic rings. The van der Waals surface area contributed by atoms with E-state index in [1.54, 1.807) is 39.8 Å². The summed E-state index contributed by atoms with van der Waals surface area (Å²) in [4.78, 5) is 12.2. The molecule has 0 aliphatic heterocycles. The van der Waals surface area contributed by atoms with Crippen LogP contribution in [0.25, 0.3) is 0 Å². The van der Waals surface area contributed by atoms with Gasteiger partial charge in [0, 0.05) is 16.9 Å². The molecule has 0 saturated heterocycles. The second-order valence-electron chi connectivity index (χ2n) is 6.71. The van der Waals surface area contributed by atoms with Crippen LogP contribution < -0.4 is 10.0 Å². The van der Waals surface area contributed by atoms with Gasteiger partial charge in [-0.1, -0.05) is 6.07 Å². The van der Waals surface area contributed by atoms with Crippen LogP contribution in [0.2, 0.25) is 0 Å². The Morgan fingerprint density at radius 1 is 1.00 bits per heavy atom.